The first-order valence-corrected chi connectivity index (χ1v) is 18.3. The van der Waals surface area contributed by atoms with E-state index in [0.717, 1.165) is 45.3 Å². The number of aromatic nitrogens is 3. The lowest BCUT2D eigenvalue weighted by atomic mass is 9.89. The quantitative estimate of drug-likeness (QED) is 0.402. The number of halogens is 2. The smallest absolute Gasteiger partial charge is 0.275 e. The summed E-state index contributed by atoms with van der Waals surface area (Å²) in [6.45, 7) is 6.24. The van der Waals surface area contributed by atoms with E-state index in [1.54, 1.807) is 22.8 Å². The molecule has 1 N–H and O–H groups in total. The largest absolute Gasteiger partial charge is 0.381 e. The molecule has 0 saturated carbocycles. The van der Waals surface area contributed by atoms with Crippen LogP contribution in [0.5, 0.6) is 0 Å². The molecule has 0 radical (unpaired) electrons. The number of anilines is 2. The molecule has 10 nitrogen and oxygen atoms in total. The molecule has 3 aromatic rings. The van der Waals surface area contributed by atoms with Gasteiger partial charge in [0.05, 0.1) is 16.9 Å². The standard InChI is InChI=1S/C33H44F2N6O4S/c1-24-26-8-6-9-27(18-26)33(34,35)20-25-21-39(22-25)10-4-2-3-5-14-45-15-7-11-41-31-28(30(38-24)36-23-37-31)19-29(32(41)42)40-12-16-46(43,44)17-13-40/h6,8-9,18-19,23-25H,2-5,7,10-17,20-22H2,1H3,(H,36,37,38)/t24-/m1/s1. The number of rotatable bonds is 1. The Balaban J connectivity index is 1.33. The molecule has 13 heteroatoms. The average Bonchev–Trinajstić information content (AvgIpc) is 3.01. The van der Waals surface area contributed by atoms with Gasteiger partial charge in [0.15, 0.2) is 9.84 Å². The minimum absolute atomic E-state index is 0.0116. The van der Waals surface area contributed by atoms with Gasteiger partial charge >= 0.3 is 0 Å². The summed E-state index contributed by atoms with van der Waals surface area (Å²) in [5.41, 5.74) is 1.31. The van der Waals surface area contributed by atoms with E-state index in [0.29, 0.717) is 54.3 Å². The number of sulfone groups is 1. The fraction of sp³-hybridized carbons (Fsp3) is 0.606. The highest BCUT2D eigenvalue weighted by Crippen LogP contribution is 2.39. The molecule has 4 aliphatic rings. The molecule has 2 fully saturated rings. The highest BCUT2D eigenvalue weighted by molar-refractivity contribution is 7.91. The zero-order valence-electron chi connectivity index (χ0n) is 26.5. The van der Waals surface area contributed by atoms with Gasteiger partial charge in [-0.1, -0.05) is 31.0 Å². The topological polar surface area (TPSA) is 110 Å². The number of alkyl halides is 2. The summed E-state index contributed by atoms with van der Waals surface area (Å²) in [5, 5.41) is 3.99. The molecule has 4 aliphatic heterocycles. The van der Waals surface area contributed by atoms with Gasteiger partial charge in [0.1, 0.15) is 23.5 Å². The number of benzene rings is 1. The number of hydrogen-bond donors (Lipinski definition) is 1. The Hall–Kier alpha value is -3.16. The maximum absolute atomic E-state index is 15.5. The van der Waals surface area contributed by atoms with Crippen LogP contribution in [0.2, 0.25) is 0 Å². The second-order valence-corrected chi connectivity index (χ2v) is 15.3. The van der Waals surface area contributed by atoms with Crippen molar-refractivity contribution in [2.45, 2.75) is 64.0 Å². The Bertz CT molecular complexity index is 1680. The summed E-state index contributed by atoms with van der Waals surface area (Å²) in [5.74, 6) is -2.53. The molecule has 1 atom stereocenters. The van der Waals surface area contributed by atoms with Crippen molar-refractivity contribution in [1.29, 1.82) is 0 Å². The van der Waals surface area contributed by atoms with Crippen molar-refractivity contribution in [3.63, 3.8) is 0 Å². The van der Waals surface area contributed by atoms with Crippen LogP contribution in [-0.4, -0.2) is 85.3 Å². The molecule has 8 bridgehead atoms. The van der Waals surface area contributed by atoms with E-state index in [2.05, 4.69) is 20.2 Å². The fourth-order valence-electron chi connectivity index (χ4n) is 6.78. The van der Waals surface area contributed by atoms with Gasteiger partial charge in [0.25, 0.3) is 11.5 Å². The molecule has 0 aliphatic carbocycles. The third kappa shape index (κ3) is 7.52. The Morgan fingerprint density at radius 1 is 0.957 bits per heavy atom. The average molecular weight is 659 g/mol. The van der Waals surface area contributed by atoms with Crippen LogP contribution >= 0.6 is 0 Å². The lowest BCUT2D eigenvalue weighted by Gasteiger charge is -2.41. The Morgan fingerprint density at radius 2 is 1.72 bits per heavy atom. The van der Waals surface area contributed by atoms with Crippen LogP contribution in [0.25, 0.3) is 11.0 Å². The number of ether oxygens (including phenoxy) is 1. The fourth-order valence-corrected chi connectivity index (χ4v) is 7.98. The summed E-state index contributed by atoms with van der Waals surface area (Å²) in [6.07, 6.45) is 5.96. The molecule has 1 aromatic carbocycles. The van der Waals surface area contributed by atoms with Gasteiger partial charge in [0, 0.05) is 64.0 Å². The van der Waals surface area contributed by atoms with Crippen LogP contribution in [0.1, 0.15) is 62.6 Å². The summed E-state index contributed by atoms with van der Waals surface area (Å²) >= 11 is 0. The van der Waals surface area contributed by atoms with Gasteiger partial charge < -0.3 is 19.9 Å². The molecule has 7 rings (SSSR count). The van der Waals surface area contributed by atoms with Crippen molar-refractivity contribution in [3.05, 3.63) is 58.1 Å². The zero-order chi connectivity index (χ0) is 32.3. The molecule has 0 amide bonds. The van der Waals surface area contributed by atoms with E-state index in [4.69, 9.17) is 4.74 Å². The van der Waals surface area contributed by atoms with E-state index < -0.39 is 15.8 Å². The molecule has 0 spiro atoms. The van der Waals surface area contributed by atoms with Gasteiger partial charge in [-0.15, -0.1) is 0 Å². The number of nitrogens with one attached hydrogen (secondary N) is 1. The van der Waals surface area contributed by atoms with Gasteiger partial charge in [0.2, 0.25) is 0 Å². The first-order chi connectivity index (χ1) is 22.1. The highest BCUT2D eigenvalue weighted by atomic mass is 32.2. The van der Waals surface area contributed by atoms with Crippen molar-refractivity contribution in [2.75, 3.05) is 67.7 Å². The minimum atomic E-state index is -3.15. The molecule has 250 valence electrons. The SMILES string of the molecule is C[C@H]1Nc2ncnc3c2cc(N2CCS(=O)(=O)CC2)c(=O)n3CCCOCCCCCCN2CC(C2)CC(F)(F)c2cccc1c2. The summed E-state index contributed by atoms with van der Waals surface area (Å²) in [7, 11) is -3.15. The summed E-state index contributed by atoms with van der Waals surface area (Å²) in [4.78, 5) is 26.9. The Morgan fingerprint density at radius 3 is 2.52 bits per heavy atom. The minimum Gasteiger partial charge on any atom is -0.381 e. The summed E-state index contributed by atoms with van der Waals surface area (Å²) in [6, 6.07) is 7.93. The Labute approximate surface area is 269 Å². The van der Waals surface area contributed by atoms with Crippen LogP contribution in [0, 0.1) is 5.92 Å². The first kappa shape index (κ1) is 32.8. The van der Waals surface area contributed by atoms with Crippen molar-refractivity contribution in [1.82, 2.24) is 19.4 Å². The van der Waals surface area contributed by atoms with Gasteiger partial charge in [-0.2, -0.15) is 0 Å². The van der Waals surface area contributed by atoms with Crippen LogP contribution in [-0.2, 0) is 27.0 Å². The number of hydrogen-bond acceptors (Lipinski definition) is 9. The number of pyridine rings is 1. The predicted molar refractivity (Wildman–Crippen MR) is 175 cm³/mol. The molecule has 2 aromatic heterocycles. The van der Waals surface area contributed by atoms with Gasteiger partial charge in [-0.05, 0) is 56.3 Å². The van der Waals surface area contributed by atoms with Gasteiger partial charge in [-0.3, -0.25) is 9.36 Å². The van der Waals surface area contributed by atoms with Crippen molar-refractivity contribution in [3.8, 4) is 0 Å². The lowest BCUT2D eigenvalue weighted by Crippen LogP contribution is -2.48. The number of aryl methyl sites for hydroxylation is 1. The van der Waals surface area contributed by atoms with Crippen LogP contribution < -0.4 is 15.8 Å². The third-order valence-electron chi connectivity index (χ3n) is 9.47. The normalized spacial score (nSPS) is 26.1. The molecular formula is C33H44F2N6O4S. The van der Waals surface area contributed by atoms with E-state index in [-0.39, 0.29) is 54.1 Å². The Kier molecular flexibility index (Phi) is 9.91. The molecule has 6 heterocycles. The van der Waals surface area contributed by atoms with Crippen LogP contribution in [0.4, 0.5) is 20.3 Å². The van der Waals surface area contributed by atoms with E-state index in [1.165, 1.54) is 12.4 Å². The van der Waals surface area contributed by atoms with Crippen molar-refractivity contribution < 1.29 is 21.9 Å². The van der Waals surface area contributed by atoms with Crippen LogP contribution in [0.3, 0.4) is 0 Å². The maximum Gasteiger partial charge on any atom is 0.275 e. The van der Waals surface area contributed by atoms with E-state index >= 15 is 8.78 Å². The second kappa shape index (κ2) is 13.9. The molecular weight excluding hydrogens is 614 g/mol. The van der Waals surface area contributed by atoms with E-state index in [9.17, 15) is 13.2 Å². The van der Waals surface area contributed by atoms with Gasteiger partial charge in [-0.25, -0.2) is 27.2 Å². The molecule has 0 unspecified atom stereocenters. The third-order valence-corrected chi connectivity index (χ3v) is 11.1. The highest BCUT2D eigenvalue weighted by Gasteiger charge is 2.39. The number of nitrogens with zero attached hydrogens (tertiary/aromatic N) is 5. The lowest BCUT2D eigenvalue weighted by molar-refractivity contribution is -0.0568. The zero-order valence-corrected chi connectivity index (χ0v) is 27.3. The summed E-state index contributed by atoms with van der Waals surface area (Å²) < 4.78 is 62.8. The molecule has 2 saturated heterocycles. The van der Waals surface area contributed by atoms with Crippen molar-refractivity contribution >= 4 is 32.4 Å². The number of fused-ring (bicyclic) bond motifs is 11. The van der Waals surface area contributed by atoms with E-state index in [1.807, 2.05) is 17.9 Å². The first-order valence-electron chi connectivity index (χ1n) is 16.5. The predicted octanol–water partition coefficient (Wildman–Crippen LogP) is 4.59. The maximum atomic E-state index is 15.5. The monoisotopic (exact) mass is 658 g/mol. The second-order valence-electron chi connectivity index (χ2n) is 13.0. The van der Waals surface area contributed by atoms with Crippen LogP contribution in [0.15, 0.2) is 41.5 Å². The molecule has 46 heavy (non-hydrogen) atoms. The van der Waals surface area contributed by atoms with Crippen molar-refractivity contribution in [2.24, 2.45) is 5.92 Å².